The van der Waals surface area contributed by atoms with E-state index in [9.17, 15) is 13.2 Å². The van der Waals surface area contributed by atoms with Crippen molar-refractivity contribution in [3.05, 3.63) is 28.2 Å². The van der Waals surface area contributed by atoms with Gasteiger partial charge in [0.05, 0.1) is 4.90 Å². The molecular weight excluding hydrogens is 378 g/mol. The number of benzene rings is 1. The quantitative estimate of drug-likeness (QED) is 0.749. The van der Waals surface area contributed by atoms with E-state index < -0.39 is 9.05 Å². The monoisotopic (exact) mass is 393 g/mol. The van der Waals surface area contributed by atoms with Crippen LogP contribution in [0.15, 0.2) is 27.6 Å². The molecule has 0 unspecified atom stereocenters. The maximum atomic E-state index is 12.2. The van der Waals surface area contributed by atoms with E-state index in [1.807, 2.05) is 0 Å². The lowest BCUT2D eigenvalue weighted by atomic mass is 10.0. The smallest absolute Gasteiger partial charge is 0.261 e. The van der Waals surface area contributed by atoms with E-state index in [0.717, 1.165) is 25.7 Å². The fourth-order valence-electron chi connectivity index (χ4n) is 2.43. The first kappa shape index (κ1) is 16.8. The second kappa shape index (κ2) is 6.26. The fraction of sp³-hybridized carbons (Fsp3) is 0.500. The number of carbonyl (C=O) groups excluding carboxylic acids is 1. The van der Waals surface area contributed by atoms with Crippen LogP contribution in [0.25, 0.3) is 0 Å². The third kappa shape index (κ3) is 4.44. The Labute approximate surface area is 137 Å². The van der Waals surface area contributed by atoms with Crippen molar-refractivity contribution in [3.8, 4) is 0 Å². The normalized spacial score (nSPS) is 16.5. The van der Waals surface area contributed by atoms with Gasteiger partial charge in [0, 0.05) is 27.3 Å². The first-order chi connectivity index (χ1) is 9.76. The second-order valence-electron chi connectivity index (χ2n) is 5.55. The van der Waals surface area contributed by atoms with Gasteiger partial charge in [-0.2, -0.15) is 0 Å². The zero-order valence-electron chi connectivity index (χ0n) is 11.7. The number of hydrogen-bond acceptors (Lipinski definition) is 3. The van der Waals surface area contributed by atoms with Crippen molar-refractivity contribution in [1.29, 1.82) is 0 Å². The summed E-state index contributed by atoms with van der Waals surface area (Å²) >= 11 is 3.20. The van der Waals surface area contributed by atoms with Crippen LogP contribution in [0.3, 0.4) is 0 Å². The maximum absolute atomic E-state index is 12.2. The minimum Gasteiger partial charge on any atom is -0.351 e. The van der Waals surface area contributed by atoms with Crippen molar-refractivity contribution >= 4 is 41.6 Å². The largest absolute Gasteiger partial charge is 0.351 e. The van der Waals surface area contributed by atoms with Crippen molar-refractivity contribution in [2.45, 2.75) is 37.5 Å². The highest BCUT2D eigenvalue weighted by molar-refractivity contribution is 9.10. The highest BCUT2D eigenvalue weighted by Gasteiger charge is 2.41. The molecule has 1 aromatic rings. The van der Waals surface area contributed by atoms with Gasteiger partial charge in [-0.1, -0.05) is 29.3 Å². The Morgan fingerprint density at radius 1 is 1.38 bits per heavy atom. The Bertz CT molecular complexity index is 656. The minimum atomic E-state index is -3.86. The molecule has 116 valence electrons. The van der Waals surface area contributed by atoms with Crippen LogP contribution >= 0.6 is 26.6 Å². The molecule has 1 aliphatic rings. The predicted molar refractivity (Wildman–Crippen MR) is 86.1 cm³/mol. The van der Waals surface area contributed by atoms with E-state index in [2.05, 4.69) is 28.2 Å². The van der Waals surface area contributed by atoms with Gasteiger partial charge >= 0.3 is 0 Å². The van der Waals surface area contributed by atoms with Gasteiger partial charge in [-0.25, -0.2) is 8.42 Å². The van der Waals surface area contributed by atoms with Gasteiger partial charge in [0.2, 0.25) is 0 Å². The SMILES string of the molecule is CCCC1(CNC(=O)c2cc(Br)cc(S(=O)(=O)Cl)c2)CC1. The molecule has 0 saturated heterocycles. The molecule has 4 nitrogen and oxygen atoms in total. The van der Waals surface area contributed by atoms with Crippen LogP contribution in [0, 0.1) is 5.41 Å². The molecule has 0 spiro atoms. The first-order valence-corrected chi connectivity index (χ1v) is 9.89. The summed E-state index contributed by atoms with van der Waals surface area (Å²) in [6, 6.07) is 4.25. The van der Waals surface area contributed by atoms with E-state index in [0.29, 0.717) is 11.0 Å². The maximum Gasteiger partial charge on any atom is 0.261 e. The van der Waals surface area contributed by atoms with Gasteiger partial charge in [0.25, 0.3) is 15.0 Å². The van der Waals surface area contributed by atoms with E-state index in [-0.39, 0.29) is 21.8 Å². The van der Waals surface area contributed by atoms with Crippen LogP contribution in [0.1, 0.15) is 43.0 Å². The fourth-order valence-corrected chi connectivity index (χ4v) is 3.87. The minimum absolute atomic E-state index is 0.0848. The van der Waals surface area contributed by atoms with Crippen LogP contribution in [0.5, 0.6) is 0 Å². The van der Waals surface area contributed by atoms with Crippen molar-refractivity contribution in [1.82, 2.24) is 5.32 Å². The molecule has 0 heterocycles. The molecule has 1 N–H and O–H groups in total. The molecule has 1 amide bonds. The van der Waals surface area contributed by atoms with E-state index in [4.69, 9.17) is 10.7 Å². The van der Waals surface area contributed by atoms with E-state index in [1.54, 1.807) is 6.07 Å². The third-order valence-electron chi connectivity index (χ3n) is 3.78. The summed E-state index contributed by atoms with van der Waals surface area (Å²) < 4.78 is 23.3. The van der Waals surface area contributed by atoms with Gasteiger partial charge in [-0.05, 0) is 42.9 Å². The van der Waals surface area contributed by atoms with Crippen LogP contribution in [-0.4, -0.2) is 20.9 Å². The number of halogens is 2. The van der Waals surface area contributed by atoms with Crippen LogP contribution in [0.2, 0.25) is 0 Å². The van der Waals surface area contributed by atoms with Gasteiger partial charge in [-0.15, -0.1) is 0 Å². The molecule has 1 fully saturated rings. The average Bonchev–Trinajstić information content (AvgIpc) is 3.15. The number of nitrogens with one attached hydrogen (secondary N) is 1. The summed E-state index contributed by atoms with van der Waals surface area (Å²) in [5.41, 5.74) is 0.536. The average molecular weight is 395 g/mol. The molecule has 0 aromatic heterocycles. The standard InChI is InChI=1S/C14H17BrClNO3S/c1-2-3-14(4-5-14)9-17-13(18)10-6-11(15)8-12(7-10)21(16,19)20/h6-8H,2-5,9H2,1H3,(H,17,18). The lowest BCUT2D eigenvalue weighted by Crippen LogP contribution is -2.30. The molecule has 0 bridgehead atoms. The van der Waals surface area contributed by atoms with Crippen LogP contribution in [0.4, 0.5) is 0 Å². The highest BCUT2D eigenvalue weighted by atomic mass is 79.9. The third-order valence-corrected chi connectivity index (χ3v) is 5.57. The molecule has 1 aliphatic carbocycles. The first-order valence-electron chi connectivity index (χ1n) is 6.79. The Morgan fingerprint density at radius 2 is 2.05 bits per heavy atom. The Kier molecular flexibility index (Phi) is 5.00. The summed E-state index contributed by atoms with van der Waals surface area (Å²) in [7, 11) is 1.47. The van der Waals surface area contributed by atoms with E-state index >= 15 is 0 Å². The highest BCUT2D eigenvalue weighted by Crippen LogP contribution is 2.48. The molecule has 7 heteroatoms. The summed E-state index contributed by atoms with van der Waals surface area (Å²) in [6.07, 6.45) is 4.48. The lowest BCUT2D eigenvalue weighted by Gasteiger charge is -2.15. The Balaban J connectivity index is 2.11. The predicted octanol–water partition coefficient (Wildman–Crippen LogP) is 3.69. The van der Waals surface area contributed by atoms with Crippen molar-refractivity contribution < 1.29 is 13.2 Å². The van der Waals surface area contributed by atoms with E-state index in [1.165, 1.54) is 12.1 Å². The van der Waals surface area contributed by atoms with Gasteiger partial charge in [0.15, 0.2) is 0 Å². The molecule has 2 rings (SSSR count). The van der Waals surface area contributed by atoms with Gasteiger partial charge in [0.1, 0.15) is 0 Å². The Hall–Kier alpha value is -0.590. The van der Waals surface area contributed by atoms with Crippen LogP contribution < -0.4 is 5.32 Å². The summed E-state index contributed by atoms with van der Waals surface area (Å²) in [4.78, 5) is 12.1. The molecule has 0 radical (unpaired) electrons. The van der Waals surface area contributed by atoms with Crippen molar-refractivity contribution in [2.75, 3.05) is 6.54 Å². The molecule has 1 saturated carbocycles. The summed E-state index contributed by atoms with van der Waals surface area (Å²) in [6.45, 7) is 2.77. The second-order valence-corrected chi connectivity index (χ2v) is 9.03. The lowest BCUT2D eigenvalue weighted by molar-refractivity contribution is 0.0943. The number of hydrogen-bond donors (Lipinski definition) is 1. The van der Waals surface area contributed by atoms with Crippen molar-refractivity contribution in [3.63, 3.8) is 0 Å². The zero-order valence-corrected chi connectivity index (χ0v) is 14.8. The molecule has 21 heavy (non-hydrogen) atoms. The van der Waals surface area contributed by atoms with Crippen LogP contribution in [-0.2, 0) is 9.05 Å². The van der Waals surface area contributed by atoms with Gasteiger partial charge < -0.3 is 5.32 Å². The molecule has 0 aliphatic heterocycles. The zero-order chi connectivity index (χ0) is 15.7. The molecular formula is C14H17BrClNO3S. The number of amides is 1. The molecule has 0 atom stereocenters. The summed E-state index contributed by atoms with van der Waals surface area (Å²) in [5.74, 6) is -0.278. The molecule has 1 aromatic carbocycles. The number of rotatable bonds is 6. The Morgan fingerprint density at radius 3 is 2.57 bits per heavy atom. The number of carbonyl (C=O) groups is 1. The van der Waals surface area contributed by atoms with Crippen molar-refractivity contribution in [2.24, 2.45) is 5.41 Å². The van der Waals surface area contributed by atoms with Gasteiger partial charge in [-0.3, -0.25) is 4.79 Å². The summed E-state index contributed by atoms with van der Waals surface area (Å²) in [5, 5.41) is 2.89. The topological polar surface area (TPSA) is 63.2 Å².